The molecule has 2 N–H and O–H groups in total. The Kier molecular flexibility index (Phi) is 5.92. The number of rotatable bonds is 6. The van der Waals surface area contributed by atoms with Gasteiger partial charge < -0.3 is 5.11 Å². The van der Waals surface area contributed by atoms with Crippen LogP contribution in [0.3, 0.4) is 0 Å². The summed E-state index contributed by atoms with van der Waals surface area (Å²) < 4.78 is 26.7. The Labute approximate surface area is 121 Å². The standard InChI is InChI=1S/C15H23NO3S/c1-15(2,3)14(9-11-17)16-20(18,19)12-10-13-7-5-4-6-8-13/h4-8,10,12,14,16-17H,9,11H2,1-3H3/b12-10+. The van der Waals surface area contributed by atoms with Crippen LogP contribution in [0.4, 0.5) is 0 Å². The van der Waals surface area contributed by atoms with E-state index < -0.39 is 10.0 Å². The molecule has 0 fully saturated rings. The Bertz CT molecular complexity index is 530. The molecule has 0 aromatic heterocycles. The molecule has 0 aliphatic heterocycles. The minimum atomic E-state index is -3.53. The van der Waals surface area contributed by atoms with Gasteiger partial charge in [0.1, 0.15) is 0 Å². The average molecular weight is 297 g/mol. The van der Waals surface area contributed by atoms with Gasteiger partial charge in [-0.3, -0.25) is 0 Å². The molecule has 0 bridgehead atoms. The second kappa shape index (κ2) is 7.02. The molecule has 0 aliphatic carbocycles. The summed E-state index contributed by atoms with van der Waals surface area (Å²) in [7, 11) is -3.53. The fourth-order valence-electron chi connectivity index (χ4n) is 1.77. The van der Waals surface area contributed by atoms with Crippen molar-refractivity contribution in [1.82, 2.24) is 4.72 Å². The topological polar surface area (TPSA) is 66.4 Å². The molecule has 0 aliphatic rings. The molecule has 1 aromatic rings. The smallest absolute Gasteiger partial charge is 0.233 e. The van der Waals surface area contributed by atoms with Crippen LogP contribution in [0.5, 0.6) is 0 Å². The molecule has 0 saturated carbocycles. The molecule has 1 rings (SSSR count). The molecule has 20 heavy (non-hydrogen) atoms. The molecule has 0 spiro atoms. The highest BCUT2D eigenvalue weighted by molar-refractivity contribution is 7.92. The van der Waals surface area contributed by atoms with Crippen molar-refractivity contribution in [3.8, 4) is 0 Å². The Morgan fingerprint density at radius 1 is 1.25 bits per heavy atom. The highest BCUT2D eigenvalue weighted by Gasteiger charge is 2.27. The summed E-state index contributed by atoms with van der Waals surface area (Å²) >= 11 is 0. The number of sulfonamides is 1. The molecule has 1 aromatic carbocycles. The molecule has 112 valence electrons. The third-order valence-electron chi connectivity index (χ3n) is 3.01. The number of benzene rings is 1. The second-order valence-electron chi connectivity index (χ2n) is 5.81. The summed E-state index contributed by atoms with van der Waals surface area (Å²) in [6.07, 6.45) is 1.95. The lowest BCUT2D eigenvalue weighted by atomic mass is 9.86. The van der Waals surface area contributed by atoms with Crippen molar-refractivity contribution < 1.29 is 13.5 Å². The van der Waals surface area contributed by atoms with E-state index in [9.17, 15) is 8.42 Å². The zero-order chi connectivity index (χ0) is 15.2. The number of hydrogen-bond acceptors (Lipinski definition) is 3. The molecule has 1 atom stereocenters. The van der Waals surface area contributed by atoms with E-state index in [1.807, 2.05) is 51.1 Å². The quantitative estimate of drug-likeness (QED) is 0.847. The van der Waals surface area contributed by atoms with Gasteiger partial charge in [-0.2, -0.15) is 0 Å². The fourth-order valence-corrected chi connectivity index (χ4v) is 3.05. The maximum atomic E-state index is 12.1. The van der Waals surface area contributed by atoms with Crippen molar-refractivity contribution in [2.75, 3.05) is 6.61 Å². The van der Waals surface area contributed by atoms with Crippen LogP contribution in [0.25, 0.3) is 6.08 Å². The molecular formula is C15H23NO3S. The van der Waals surface area contributed by atoms with Crippen molar-refractivity contribution in [1.29, 1.82) is 0 Å². The van der Waals surface area contributed by atoms with Crippen LogP contribution >= 0.6 is 0 Å². The summed E-state index contributed by atoms with van der Waals surface area (Å²) in [5, 5.41) is 10.2. The maximum absolute atomic E-state index is 12.1. The lowest BCUT2D eigenvalue weighted by Crippen LogP contribution is -2.43. The Morgan fingerprint density at radius 3 is 2.35 bits per heavy atom. The van der Waals surface area contributed by atoms with E-state index in [0.29, 0.717) is 6.42 Å². The van der Waals surface area contributed by atoms with E-state index >= 15 is 0 Å². The van der Waals surface area contributed by atoms with Gasteiger partial charge in [-0.25, -0.2) is 13.1 Å². The monoisotopic (exact) mass is 297 g/mol. The molecule has 4 nitrogen and oxygen atoms in total. The van der Waals surface area contributed by atoms with Crippen LogP contribution < -0.4 is 4.72 Å². The Hall–Kier alpha value is -1.17. The number of nitrogens with one attached hydrogen (secondary N) is 1. The van der Waals surface area contributed by atoms with E-state index in [1.165, 1.54) is 5.41 Å². The summed E-state index contributed by atoms with van der Waals surface area (Å²) in [4.78, 5) is 0. The van der Waals surface area contributed by atoms with Gasteiger partial charge in [0.05, 0.1) is 0 Å². The highest BCUT2D eigenvalue weighted by Crippen LogP contribution is 2.22. The minimum absolute atomic E-state index is 0.0488. The molecular weight excluding hydrogens is 274 g/mol. The lowest BCUT2D eigenvalue weighted by molar-refractivity contribution is 0.215. The van der Waals surface area contributed by atoms with Crippen molar-refractivity contribution in [2.24, 2.45) is 5.41 Å². The SMILES string of the molecule is CC(C)(C)C(CCO)NS(=O)(=O)/C=C/c1ccccc1. The first-order chi connectivity index (χ1) is 9.24. The van der Waals surface area contributed by atoms with Crippen LogP contribution in [0, 0.1) is 5.41 Å². The molecule has 0 radical (unpaired) electrons. The van der Waals surface area contributed by atoms with Crippen LogP contribution in [0.15, 0.2) is 35.7 Å². The number of hydrogen-bond donors (Lipinski definition) is 2. The zero-order valence-corrected chi connectivity index (χ0v) is 13.0. The van der Waals surface area contributed by atoms with E-state index in [4.69, 9.17) is 5.11 Å². The first-order valence-corrected chi connectivity index (χ1v) is 8.15. The largest absolute Gasteiger partial charge is 0.396 e. The van der Waals surface area contributed by atoms with Gasteiger partial charge in [0.25, 0.3) is 0 Å². The van der Waals surface area contributed by atoms with Crippen LogP contribution in [0.2, 0.25) is 0 Å². The minimum Gasteiger partial charge on any atom is -0.396 e. The van der Waals surface area contributed by atoms with Crippen molar-refractivity contribution in [3.63, 3.8) is 0 Å². The van der Waals surface area contributed by atoms with E-state index in [-0.39, 0.29) is 18.1 Å². The summed E-state index contributed by atoms with van der Waals surface area (Å²) in [6.45, 7) is 5.77. The van der Waals surface area contributed by atoms with Crippen LogP contribution in [-0.2, 0) is 10.0 Å². The van der Waals surface area contributed by atoms with Gasteiger partial charge >= 0.3 is 0 Å². The Morgan fingerprint density at radius 2 is 1.85 bits per heavy atom. The van der Waals surface area contributed by atoms with E-state index in [0.717, 1.165) is 5.56 Å². The lowest BCUT2D eigenvalue weighted by Gasteiger charge is -2.30. The molecule has 0 amide bonds. The number of aliphatic hydroxyl groups excluding tert-OH is 1. The molecule has 0 saturated heterocycles. The molecule has 0 heterocycles. The van der Waals surface area contributed by atoms with Crippen LogP contribution in [0.1, 0.15) is 32.8 Å². The third-order valence-corrected chi connectivity index (χ3v) is 4.12. The first kappa shape index (κ1) is 16.9. The summed E-state index contributed by atoms with van der Waals surface area (Å²) in [6, 6.07) is 8.94. The normalized spacial score (nSPS) is 14.6. The zero-order valence-electron chi connectivity index (χ0n) is 12.2. The third kappa shape index (κ3) is 5.86. The van der Waals surface area contributed by atoms with Gasteiger partial charge in [-0.05, 0) is 23.5 Å². The predicted octanol–water partition coefficient (Wildman–Crippen LogP) is 2.37. The Balaban J connectivity index is 2.81. The van der Waals surface area contributed by atoms with Crippen molar-refractivity contribution >= 4 is 16.1 Å². The summed E-state index contributed by atoms with van der Waals surface area (Å²) in [5.74, 6) is 0. The molecule has 1 unspecified atom stereocenters. The predicted molar refractivity (Wildman–Crippen MR) is 82.5 cm³/mol. The first-order valence-electron chi connectivity index (χ1n) is 6.61. The average Bonchev–Trinajstić information content (AvgIpc) is 2.36. The van der Waals surface area contributed by atoms with Gasteiger partial charge in [-0.1, -0.05) is 51.1 Å². The summed E-state index contributed by atoms with van der Waals surface area (Å²) in [5.41, 5.74) is 0.573. The van der Waals surface area contributed by atoms with E-state index in [2.05, 4.69) is 4.72 Å². The van der Waals surface area contributed by atoms with Gasteiger partial charge in [0.2, 0.25) is 10.0 Å². The van der Waals surface area contributed by atoms with Gasteiger partial charge in [0, 0.05) is 18.1 Å². The number of aliphatic hydroxyl groups is 1. The second-order valence-corrected chi connectivity index (χ2v) is 7.41. The van der Waals surface area contributed by atoms with Gasteiger partial charge in [-0.15, -0.1) is 0 Å². The molecule has 5 heteroatoms. The highest BCUT2D eigenvalue weighted by atomic mass is 32.2. The van der Waals surface area contributed by atoms with Crippen molar-refractivity contribution in [3.05, 3.63) is 41.3 Å². The van der Waals surface area contributed by atoms with Crippen LogP contribution in [-0.4, -0.2) is 26.2 Å². The maximum Gasteiger partial charge on any atom is 0.233 e. The van der Waals surface area contributed by atoms with E-state index in [1.54, 1.807) is 6.08 Å². The fraction of sp³-hybridized carbons (Fsp3) is 0.467. The van der Waals surface area contributed by atoms with Gasteiger partial charge in [0.15, 0.2) is 0 Å². The van der Waals surface area contributed by atoms with Crippen molar-refractivity contribution in [2.45, 2.75) is 33.2 Å².